The minimum absolute atomic E-state index is 0.186. The average molecular weight is 593 g/mol. The third kappa shape index (κ3) is 5.42. The van der Waals surface area contributed by atoms with Crippen molar-refractivity contribution in [3.63, 3.8) is 0 Å². The maximum Gasteiger partial charge on any atom is 0.274 e. The number of aromatic nitrogens is 1. The zero-order valence-corrected chi connectivity index (χ0v) is 24.1. The van der Waals surface area contributed by atoms with Gasteiger partial charge in [-0.15, -0.1) is 11.3 Å². The lowest BCUT2D eigenvalue weighted by Gasteiger charge is -2.13. The van der Waals surface area contributed by atoms with Gasteiger partial charge >= 0.3 is 0 Å². The van der Waals surface area contributed by atoms with Gasteiger partial charge < -0.3 is 14.0 Å². The second-order valence-electron chi connectivity index (χ2n) is 9.34. The van der Waals surface area contributed by atoms with Crippen LogP contribution in [0.4, 0.5) is 0 Å². The lowest BCUT2D eigenvalue weighted by molar-refractivity contribution is 0.0954. The molecule has 6 nitrogen and oxygen atoms in total. The highest BCUT2D eigenvalue weighted by molar-refractivity contribution is 9.10. The first kappa shape index (κ1) is 26.3. The van der Waals surface area contributed by atoms with Crippen LogP contribution in [0.25, 0.3) is 5.00 Å². The van der Waals surface area contributed by atoms with Gasteiger partial charge in [0.05, 0.1) is 18.9 Å². The third-order valence-corrected chi connectivity index (χ3v) is 8.71. The van der Waals surface area contributed by atoms with Crippen LogP contribution in [0.3, 0.4) is 0 Å². The minimum Gasteiger partial charge on any atom is -0.493 e. The molecule has 1 aliphatic rings. The van der Waals surface area contributed by atoms with Gasteiger partial charge in [-0.2, -0.15) is 5.10 Å². The van der Waals surface area contributed by atoms with Gasteiger partial charge in [-0.1, -0.05) is 30.3 Å². The molecule has 0 aliphatic heterocycles. The number of carbonyl (C=O) groups excluding carboxylic acids is 1. The van der Waals surface area contributed by atoms with Gasteiger partial charge in [0, 0.05) is 26.3 Å². The topological polar surface area (TPSA) is 64.8 Å². The van der Waals surface area contributed by atoms with E-state index in [1.807, 2.05) is 42.5 Å². The molecule has 38 heavy (non-hydrogen) atoms. The molecule has 1 amide bonds. The molecule has 196 valence electrons. The van der Waals surface area contributed by atoms with Crippen molar-refractivity contribution >= 4 is 39.4 Å². The number of hydrazone groups is 1. The number of thiophene rings is 1. The Morgan fingerprint density at radius 2 is 1.82 bits per heavy atom. The molecule has 0 fully saturated rings. The van der Waals surface area contributed by atoms with E-state index >= 15 is 0 Å². The molecular weight excluding hydrogens is 562 g/mol. The molecule has 0 atom stereocenters. The highest BCUT2D eigenvalue weighted by Gasteiger charge is 2.27. The molecule has 4 aromatic rings. The van der Waals surface area contributed by atoms with E-state index in [9.17, 15) is 4.79 Å². The molecule has 2 heterocycles. The van der Waals surface area contributed by atoms with Gasteiger partial charge in [-0.3, -0.25) is 4.79 Å². The molecule has 0 bridgehead atoms. The first-order valence-corrected chi connectivity index (χ1v) is 14.2. The first-order chi connectivity index (χ1) is 18.5. The summed E-state index contributed by atoms with van der Waals surface area (Å²) < 4.78 is 14.5. The summed E-state index contributed by atoms with van der Waals surface area (Å²) in [5.74, 6) is 1.02. The summed E-state index contributed by atoms with van der Waals surface area (Å²) >= 11 is 5.33. The fourth-order valence-electron chi connectivity index (χ4n) is 4.81. The molecule has 2 aromatic carbocycles. The summed E-state index contributed by atoms with van der Waals surface area (Å²) in [6.07, 6.45) is 5.83. The number of hydrogen-bond donors (Lipinski definition) is 1. The fourth-order valence-corrected chi connectivity index (χ4v) is 6.73. The number of aryl methyl sites for hydroxylation is 3. The fraction of sp³-hybridized carbons (Fsp3) is 0.267. The molecule has 1 aliphatic carbocycles. The van der Waals surface area contributed by atoms with Crippen LogP contribution in [0, 0.1) is 13.8 Å². The summed E-state index contributed by atoms with van der Waals surface area (Å²) in [6, 6.07) is 17.8. The molecule has 8 heteroatoms. The summed E-state index contributed by atoms with van der Waals surface area (Å²) in [7, 11) is 1.60. The summed E-state index contributed by atoms with van der Waals surface area (Å²) in [6.45, 7) is 4.58. The molecule has 0 spiro atoms. The van der Waals surface area contributed by atoms with E-state index in [1.165, 1.54) is 10.4 Å². The van der Waals surface area contributed by atoms with Gasteiger partial charge in [0.2, 0.25) is 0 Å². The largest absolute Gasteiger partial charge is 0.493 e. The van der Waals surface area contributed by atoms with Crippen LogP contribution >= 0.6 is 27.3 Å². The van der Waals surface area contributed by atoms with Crippen LogP contribution < -0.4 is 14.9 Å². The van der Waals surface area contributed by atoms with Crippen molar-refractivity contribution in [1.82, 2.24) is 9.99 Å². The molecule has 0 unspecified atom stereocenters. The summed E-state index contributed by atoms with van der Waals surface area (Å²) in [5, 5.41) is 5.30. The van der Waals surface area contributed by atoms with Crippen molar-refractivity contribution in [2.75, 3.05) is 7.11 Å². The van der Waals surface area contributed by atoms with Crippen LogP contribution in [-0.2, 0) is 19.4 Å². The summed E-state index contributed by atoms with van der Waals surface area (Å²) in [4.78, 5) is 14.8. The van der Waals surface area contributed by atoms with Crippen molar-refractivity contribution in [1.29, 1.82) is 0 Å². The normalized spacial score (nSPS) is 12.9. The number of ether oxygens (including phenoxy) is 2. The predicted molar refractivity (Wildman–Crippen MR) is 156 cm³/mol. The minimum atomic E-state index is -0.186. The van der Waals surface area contributed by atoms with Gasteiger partial charge in [0.15, 0.2) is 11.5 Å². The van der Waals surface area contributed by atoms with E-state index in [2.05, 4.69) is 57.0 Å². The SMILES string of the molecule is COc1cc(C=NNC(=O)c2c(-n3c(C)ccc3C)sc3c2CCCC3)c(Br)cc1OCc1ccccc1. The Bertz CT molecular complexity index is 1470. The molecular formula is C30H30BrN3O3S. The van der Waals surface area contributed by atoms with Crippen LogP contribution in [0.15, 0.2) is 64.2 Å². The highest BCUT2D eigenvalue weighted by atomic mass is 79.9. The quantitative estimate of drug-likeness (QED) is 0.175. The third-order valence-electron chi connectivity index (χ3n) is 6.74. The van der Waals surface area contributed by atoms with E-state index in [1.54, 1.807) is 24.7 Å². The molecule has 0 radical (unpaired) electrons. The number of carbonyl (C=O) groups is 1. The standard InChI is InChI=1S/C30H30BrN3O3S/c1-19-13-14-20(2)34(19)30-28(23-11-7-8-12-27(23)38-30)29(35)33-32-17-22-15-25(36-3)26(16-24(22)31)37-18-21-9-5-4-6-10-21/h4-6,9-10,13-17H,7-8,11-12,18H2,1-3H3,(H,33,35). The highest BCUT2D eigenvalue weighted by Crippen LogP contribution is 2.38. The number of nitrogens with one attached hydrogen (secondary N) is 1. The Morgan fingerprint density at radius 3 is 2.55 bits per heavy atom. The Morgan fingerprint density at radius 1 is 1.08 bits per heavy atom. The van der Waals surface area contributed by atoms with Crippen molar-refractivity contribution < 1.29 is 14.3 Å². The lowest BCUT2D eigenvalue weighted by Crippen LogP contribution is -2.21. The maximum absolute atomic E-state index is 13.5. The van der Waals surface area contributed by atoms with Crippen molar-refractivity contribution in [3.8, 4) is 16.5 Å². The Hall–Kier alpha value is -3.36. The van der Waals surface area contributed by atoms with Crippen LogP contribution in [-0.4, -0.2) is 23.8 Å². The number of hydrogen-bond acceptors (Lipinski definition) is 5. The Balaban J connectivity index is 1.36. The van der Waals surface area contributed by atoms with Gasteiger partial charge in [-0.05, 0) is 90.9 Å². The summed E-state index contributed by atoms with van der Waals surface area (Å²) in [5.41, 5.74) is 8.75. The molecule has 0 saturated heterocycles. The average Bonchev–Trinajstić information content (AvgIpc) is 3.47. The second-order valence-corrected chi connectivity index (χ2v) is 11.3. The number of methoxy groups -OCH3 is 1. The van der Waals surface area contributed by atoms with E-state index < -0.39 is 0 Å². The number of halogens is 1. The van der Waals surface area contributed by atoms with E-state index in [0.29, 0.717) is 18.1 Å². The van der Waals surface area contributed by atoms with E-state index in [0.717, 1.165) is 63.2 Å². The zero-order chi connectivity index (χ0) is 26.6. The molecule has 5 rings (SSSR count). The smallest absolute Gasteiger partial charge is 0.274 e. The van der Waals surface area contributed by atoms with Crippen LogP contribution in [0.5, 0.6) is 11.5 Å². The number of rotatable bonds is 8. The van der Waals surface area contributed by atoms with Crippen molar-refractivity contribution in [2.45, 2.75) is 46.1 Å². The first-order valence-electron chi connectivity index (χ1n) is 12.6. The van der Waals surface area contributed by atoms with Crippen molar-refractivity contribution in [2.24, 2.45) is 5.10 Å². The number of nitrogens with zero attached hydrogens (tertiary/aromatic N) is 2. The molecule has 2 aromatic heterocycles. The maximum atomic E-state index is 13.5. The number of amides is 1. The van der Waals surface area contributed by atoms with Crippen molar-refractivity contribution in [3.05, 3.63) is 97.6 Å². The van der Waals surface area contributed by atoms with E-state index in [-0.39, 0.29) is 5.91 Å². The zero-order valence-electron chi connectivity index (χ0n) is 21.7. The lowest BCUT2D eigenvalue weighted by atomic mass is 9.95. The number of fused-ring (bicyclic) bond motifs is 1. The van der Waals surface area contributed by atoms with E-state index in [4.69, 9.17) is 9.47 Å². The predicted octanol–water partition coefficient (Wildman–Crippen LogP) is 7.15. The monoisotopic (exact) mass is 591 g/mol. The van der Waals surface area contributed by atoms with Crippen LogP contribution in [0.1, 0.15) is 56.2 Å². The number of benzene rings is 2. The Labute approximate surface area is 235 Å². The Kier molecular flexibility index (Phi) is 8.00. The van der Waals surface area contributed by atoms with Gasteiger partial charge in [0.1, 0.15) is 11.6 Å². The van der Waals surface area contributed by atoms with Gasteiger partial charge in [0.25, 0.3) is 5.91 Å². The molecule has 0 saturated carbocycles. The molecule has 1 N–H and O–H groups in total. The van der Waals surface area contributed by atoms with Crippen LogP contribution in [0.2, 0.25) is 0 Å². The van der Waals surface area contributed by atoms with Gasteiger partial charge in [-0.25, -0.2) is 5.43 Å². The second kappa shape index (κ2) is 11.6.